The highest BCUT2D eigenvalue weighted by molar-refractivity contribution is 9.10. The fourth-order valence-electron chi connectivity index (χ4n) is 2.62. The topological polar surface area (TPSA) is 67.4 Å². The van der Waals surface area contributed by atoms with Crippen molar-refractivity contribution in [1.82, 2.24) is 0 Å². The van der Waals surface area contributed by atoms with E-state index in [0.717, 1.165) is 4.47 Å². The fraction of sp³-hybridized carbons (Fsp3) is 0.0909. The van der Waals surface area contributed by atoms with Gasteiger partial charge in [0.15, 0.2) is 0 Å². The van der Waals surface area contributed by atoms with Gasteiger partial charge in [0.05, 0.1) is 12.2 Å². The third-order valence-corrected chi connectivity index (χ3v) is 4.39. The molecule has 2 N–H and O–H groups in total. The molecule has 0 aliphatic rings. The third kappa shape index (κ3) is 4.98. The Morgan fingerprint density at radius 3 is 2.32 bits per heavy atom. The van der Waals surface area contributed by atoms with Crippen molar-refractivity contribution in [3.8, 4) is 5.75 Å². The lowest BCUT2D eigenvalue weighted by Gasteiger charge is -2.12. The Labute approximate surface area is 171 Å². The van der Waals surface area contributed by atoms with Gasteiger partial charge in [-0.15, -0.1) is 0 Å². The van der Waals surface area contributed by atoms with Gasteiger partial charge in [-0.25, -0.2) is 0 Å². The van der Waals surface area contributed by atoms with Crippen LogP contribution in [0, 0.1) is 0 Å². The molecule has 142 valence electrons. The zero-order valence-corrected chi connectivity index (χ0v) is 16.8. The van der Waals surface area contributed by atoms with E-state index in [1.165, 1.54) is 0 Å². The summed E-state index contributed by atoms with van der Waals surface area (Å²) < 4.78 is 6.31. The minimum atomic E-state index is -0.314. The van der Waals surface area contributed by atoms with E-state index < -0.39 is 0 Å². The van der Waals surface area contributed by atoms with Gasteiger partial charge in [0, 0.05) is 21.4 Å². The fourth-order valence-corrected chi connectivity index (χ4v) is 2.98. The van der Waals surface area contributed by atoms with Crippen molar-refractivity contribution in [2.45, 2.75) is 6.92 Å². The van der Waals surface area contributed by atoms with Gasteiger partial charge in [0.2, 0.25) is 0 Å². The first-order chi connectivity index (χ1) is 13.6. The monoisotopic (exact) mass is 438 g/mol. The van der Waals surface area contributed by atoms with E-state index in [1.807, 2.05) is 43.3 Å². The standard InChI is InChI=1S/C22H19BrN2O3/c1-2-28-20-12-11-16(23)14-19(20)22(27)25-18-10-6-7-15(13-18)21(26)24-17-8-4-3-5-9-17/h3-14H,2H2,1H3,(H,24,26)(H,25,27). The van der Waals surface area contributed by atoms with Gasteiger partial charge in [-0.1, -0.05) is 40.2 Å². The Morgan fingerprint density at radius 2 is 1.57 bits per heavy atom. The highest BCUT2D eigenvalue weighted by Crippen LogP contribution is 2.25. The Kier molecular flexibility index (Phi) is 6.45. The summed E-state index contributed by atoms with van der Waals surface area (Å²) in [4.78, 5) is 25.2. The van der Waals surface area contributed by atoms with E-state index in [2.05, 4.69) is 26.6 Å². The molecule has 0 saturated carbocycles. The Morgan fingerprint density at radius 1 is 0.857 bits per heavy atom. The summed E-state index contributed by atoms with van der Waals surface area (Å²) in [7, 11) is 0. The maximum Gasteiger partial charge on any atom is 0.259 e. The molecule has 0 radical (unpaired) electrons. The summed E-state index contributed by atoms with van der Waals surface area (Å²) in [5.74, 6) is -0.0636. The van der Waals surface area contributed by atoms with Crippen LogP contribution in [0.5, 0.6) is 5.75 Å². The first-order valence-electron chi connectivity index (χ1n) is 8.77. The number of ether oxygens (including phenoxy) is 1. The SMILES string of the molecule is CCOc1ccc(Br)cc1C(=O)Nc1cccc(C(=O)Nc2ccccc2)c1. The number of hydrogen-bond donors (Lipinski definition) is 2. The van der Waals surface area contributed by atoms with E-state index in [9.17, 15) is 9.59 Å². The van der Waals surface area contributed by atoms with Gasteiger partial charge in [-0.3, -0.25) is 9.59 Å². The van der Waals surface area contributed by atoms with E-state index in [4.69, 9.17) is 4.74 Å². The van der Waals surface area contributed by atoms with Crippen LogP contribution in [0.2, 0.25) is 0 Å². The lowest BCUT2D eigenvalue weighted by Crippen LogP contribution is -2.15. The maximum absolute atomic E-state index is 12.7. The average Bonchev–Trinajstić information content (AvgIpc) is 2.70. The zero-order chi connectivity index (χ0) is 19.9. The van der Waals surface area contributed by atoms with Crippen LogP contribution in [0.25, 0.3) is 0 Å². The average molecular weight is 439 g/mol. The predicted octanol–water partition coefficient (Wildman–Crippen LogP) is 5.35. The second kappa shape index (κ2) is 9.19. The quantitative estimate of drug-likeness (QED) is 0.544. The highest BCUT2D eigenvalue weighted by atomic mass is 79.9. The summed E-state index contributed by atoms with van der Waals surface area (Å²) in [5, 5.41) is 5.65. The van der Waals surface area contributed by atoms with Crippen molar-refractivity contribution in [2.75, 3.05) is 17.2 Å². The highest BCUT2D eigenvalue weighted by Gasteiger charge is 2.14. The van der Waals surface area contributed by atoms with E-state index >= 15 is 0 Å². The first kappa shape index (κ1) is 19.6. The minimum absolute atomic E-state index is 0.250. The molecule has 5 nitrogen and oxygen atoms in total. The molecule has 0 spiro atoms. The lowest BCUT2D eigenvalue weighted by molar-refractivity contribution is 0.101. The van der Waals surface area contributed by atoms with Gasteiger partial charge in [-0.05, 0) is 55.5 Å². The van der Waals surface area contributed by atoms with Crippen LogP contribution in [0.4, 0.5) is 11.4 Å². The molecule has 3 rings (SSSR count). The molecule has 0 atom stereocenters. The number of anilines is 2. The maximum atomic E-state index is 12.7. The second-order valence-electron chi connectivity index (χ2n) is 5.93. The zero-order valence-electron chi connectivity index (χ0n) is 15.2. The number of benzene rings is 3. The molecule has 0 unspecified atom stereocenters. The molecule has 0 aromatic heterocycles. The smallest absolute Gasteiger partial charge is 0.259 e. The molecular weight excluding hydrogens is 420 g/mol. The van der Waals surface area contributed by atoms with Crippen molar-refractivity contribution in [3.05, 3.63) is 88.4 Å². The van der Waals surface area contributed by atoms with E-state index in [1.54, 1.807) is 36.4 Å². The van der Waals surface area contributed by atoms with Gasteiger partial charge in [0.1, 0.15) is 5.75 Å². The molecule has 2 amide bonds. The summed E-state index contributed by atoms with van der Waals surface area (Å²) in [6.45, 7) is 2.32. The molecule has 28 heavy (non-hydrogen) atoms. The van der Waals surface area contributed by atoms with Crippen LogP contribution in [0.1, 0.15) is 27.6 Å². The number of amides is 2. The first-order valence-corrected chi connectivity index (χ1v) is 9.56. The molecular formula is C22H19BrN2O3. The molecule has 0 aliphatic carbocycles. The number of rotatable bonds is 6. The number of carbonyl (C=O) groups excluding carboxylic acids is 2. The van der Waals surface area contributed by atoms with Crippen LogP contribution in [-0.2, 0) is 0 Å². The largest absolute Gasteiger partial charge is 0.493 e. The van der Waals surface area contributed by atoms with Crippen molar-refractivity contribution < 1.29 is 14.3 Å². The van der Waals surface area contributed by atoms with Gasteiger partial charge >= 0.3 is 0 Å². The summed E-state index contributed by atoms with van der Waals surface area (Å²) in [6.07, 6.45) is 0. The van der Waals surface area contributed by atoms with Crippen LogP contribution < -0.4 is 15.4 Å². The van der Waals surface area contributed by atoms with Crippen molar-refractivity contribution >= 4 is 39.1 Å². The molecule has 0 bridgehead atoms. The Bertz CT molecular complexity index is 990. The van der Waals surface area contributed by atoms with Crippen LogP contribution in [0.3, 0.4) is 0 Å². The van der Waals surface area contributed by atoms with Gasteiger partial charge in [0.25, 0.3) is 11.8 Å². The predicted molar refractivity (Wildman–Crippen MR) is 114 cm³/mol. The molecule has 6 heteroatoms. The van der Waals surface area contributed by atoms with Gasteiger partial charge < -0.3 is 15.4 Å². The summed E-state index contributed by atoms with van der Waals surface area (Å²) >= 11 is 3.37. The second-order valence-corrected chi connectivity index (χ2v) is 6.84. The van der Waals surface area contributed by atoms with Crippen LogP contribution in [-0.4, -0.2) is 18.4 Å². The van der Waals surface area contributed by atoms with Crippen molar-refractivity contribution in [2.24, 2.45) is 0 Å². The van der Waals surface area contributed by atoms with Crippen molar-refractivity contribution in [3.63, 3.8) is 0 Å². The molecule has 3 aromatic carbocycles. The van der Waals surface area contributed by atoms with Crippen molar-refractivity contribution in [1.29, 1.82) is 0 Å². The van der Waals surface area contributed by atoms with E-state index in [0.29, 0.717) is 34.9 Å². The molecule has 0 fully saturated rings. The number of para-hydroxylation sites is 1. The molecule has 3 aromatic rings. The minimum Gasteiger partial charge on any atom is -0.493 e. The molecule has 0 aliphatic heterocycles. The normalized spacial score (nSPS) is 10.2. The van der Waals surface area contributed by atoms with E-state index in [-0.39, 0.29) is 11.8 Å². The number of hydrogen-bond acceptors (Lipinski definition) is 3. The van der Waals surface area contributed by atoms with Crippen LogP contribution >= 0.6 is 15.9 Å². The number of carbonyl (C=O) groups is 2. The van der Waals surface area contributed by atoms with Gasteiger partial charge in [-0.2, -0.15) is 0 Å². The summed E-state index contributed by atoms with van der Waals surface area (Å²) in [6, 6.07) is 21.2. The number of halogens is 1. The molecule has 0 saturated heterocycles. The Balaban J connectivity index is 1.77. The lowest BCUT2D eigenvalue weighted by atomic mass is 10.1. The van der Waals surface area contributed by atoms with Crippen LogP contribution in [0.15, 0.2) is 77.3 Å². The Hall–Kier alpha value is -3.12. The number of nitrogens with one attached hydrogen (secondary N) is 2. The third-order valence-electron chi connectivity index (χ3n) is 3.90. The molecule has 0 heterocycles. The summed E-state index contributed by atoms with van der Waals surface area (Å²) in [5.41, 5.74) is 2.09.